The summed E-state index contributed by atoms with van der Waals surface area (Å²) < 4.78 is 114. The van der Waals surface area contributed by atoms with Gasteiger partial charge in [0.15, 0.2) is 27.2 Å². The maximum absolute atomic E-state index is 13.5. The maximum Gasteiger partial charge on any atom is 0.573 e. The van der Waals surface area contributed by atoms with Gasteiger partial charge in [-0.05, 0) is 72.6 Å². The van der Waals surface area contributed by atoms with Crippen LogP contribution in [0.2, 0.25) is 0 Å². The second kappa shape index (κ2) is 10.6. The number of hydrogen-bond acceptors (Lipinski definition) is 6. The minimum Gasteiger partial charge on any atom is -0.440 e. The first-order valence-corrected chi connectivity index (χ1v) is 14.3. The number of hydrogen-bond donors (Lipinski definition) is 0. The minimum atomic E-state index is -4.89. The Morgan fingerprint density at radius 2 is 1.49 bits per heavy atom. The molecule has 0 spiro atoms. The van der Waals surface area contributed by atoms with Crippen molar-refractivity contribution in [3.05, 3.63) is 90.1 Å². The number of aryl methyl sites for hydroxylation is 2. The van der Waals surface area contributed by atoms with Gasteiger partial charge in [0.2, 0.25) is 0 Å². The highest BCUT2D eigenvalue weighted by Crippen LogP contribution is 2.40. The molecule has 5 rings (SSSR count). The number of rotatable bonds is 6. The van der Waals surface area contributed by atoms with E-state index < -0.39 is 33.8 Å². The lowest BCUT2D eigenvalue weighted by molar-refractivity contribution is -0.274. The zero-order valence-corrected chi connectivity index (χ0v) is 23.4. The van der Waals surface area contributed by atoms with Crippen LogP contribution in [0.3, 0.4) is 0 Å². The summed E-state index contributed by atoms with van der Waals surface area (Å²) in [5.74, 6) is -0.168. The van der Waals surface area contributed by atoms with Crippen LogP contribution < -0.4 is 4.74 Å². The smallest absolute Gasteiger partial charge is 0.440 e. The monoisotopic (exact) mass is 621 g/mol. The standard InChI is InChI=1S/C29H21F6N3O4S/c1-16-13-25(28(30,31)32)37-38(16)24-12-9-20(19-5-4-6-22(14-19)43(3,39)40)15-23(24)26-27(41-17(2)36-26)18-7-10-21(11-8-18)42-29(33,34)35/h4-15H,1-3H3. The van der Waals surface area contributed by atoms with Crippen LogP contribution in [-0.2, 0) is 16.0 Å². The summed E-state index contributed by atoms with van der Waals surface area (Å²) in [4.78, 5) is 4.53. The molecule has 2 aromatic heterocycles. The quantitative estimate of drug-likeness (QED) is 0.180. The van der Waals surface area contributed by atoms with Gasteiger partial charge in [0.1, 0.15) is 11.4 Å². The highest BCUT2D eigenvalue weighted by Gasteiger charge is 2.35. The molecule has 0 N–H and O–H groups in total. The van der Waals surface area contributed by atoms with E-state index in [-0.39, 0.29) is 39.2 Å². The fourth-order valence-corrected chi connectivity index (χ4v) is 5.13. The van der Waals surface area contributed by atoms with Gasteiger partial charge in [0, 0.05) is 30.0 Å². The van der Waals surface area contributed by atoms with Gasteiger partial charge in [-0.2, -0.15) is 18.3 Å². The third-order valence-corrected chi connectivity index (χ3v) is 7.45. The van der Waals surface area contributed by atoms with Crippen LogP contribution in [0.15, 0.2) is 82.1 Å². The normalized spacial score (nSPS) is 12.5. The summed E-state index contributed by atoms with van der Waals surface area (Å²) in [6, 6.07) is 16.6. The number of alkyl halides is 6. The first kappa shape index (κ1) is 29.9. The van der Waals surface area contributed by atoms with Gasteiger partial charge < -0.3 is 9.15 Å². The Kier molecular flexibility index (Phi) is 7.37. The van der Waals surface area contributed by atoms with Crippen molar-refractivity contribution in [2.75, 3.05) is 6.26 Å². The van der Waals surface area contributed by atoms with E-state index >= 15 is 0 Å². The molecule has 0 unspecified atom stereocenters. The number of halogens is 6. The van der Waals surface area contributed by atoms with E-state index in [0.29, 0.717) is 16.7 Å². The zero-order valence-electron chi connectivity index (χ0n) is 22.6. The van der Waals surface area contributed by atoms with Crippen LogP contribution in [0.5, 0.6) is 5.75 Å². The van der Waals surface area contributed by atoms with Crippen LogP contribution in [0, 0.1) is 13.8 Å². The molecule has 0 aliphatic heterocycles. The van der Waals surface area contributed by atoms with Gasteiger partial charge in [-0.25, -0.2) is 18.1 Å². The molecule has 0 saturated heterocycles. The van der Waals surface area contributed by atoms with Crippen molar-refractivity contribution in [2.24, 2.45) is 0 Å². The molecule has 0 radical (unpaired) electrons. The molecule has 224 valence electrons. The summed E-state index contributed by atoms with van der Waals surface area (Å²) >= 11 is 0. The van der Waals surface area contributed by atoms with Gasteiger partial charge in [-0.15, -0.1) is 13.2 Å². The van der Waals surface area contributed by atoms with E-state index in [1.807, 2.05) is 0 Å². The zero-order chi connectivity index (χ0) is 31.3. The molecular weight excluding hydrogens is 600 g/mol. The fraction of sp³-hybridized carbons (Fsp3) is 0.172. The molecule has 43 heavy (non-hydrogen) atoms. The Balaban J connectivity index is 1.72. The molecule has 2 heterocycles. The van der Waals surface area contributed by atoms with Gasteiger partial charge in [0.05, 0.1) is 10.6 Å². The third kappa shape index (κ3) is 6.43. The topological polar surface area (TPSA) is 87.2 Å². The van der Waals surface area contributed by atoms with Crippen molar-refractivity contribution in [1.82, 2.24) is 14.8 Å². The van der Waals surface area contributed by atoms with E-state index in [0.717, 1.165) is 29.1 Å². The van der Waals surface area contributed by atoms with E-state index in [4.69, 9.17) is 4.42 Å². The lowest BCUT2D eigenvalue weighted by Crippen LogP contribution is -2.16. The Labute approximate surface area is 241 Å². The molecule has 3 aromatic carbocycles. The Hall–Kier alpha value is -4.59. The molecule has 5 aromatic rings. The number of oxazole rings is 1. The second-order valence-electron chi connectivity index (χ2n) is 9.60. The van der Waals surface area contributed by atoms with Crippen LogP contribution in [0.25, 0.3) is 39.4 Å². The molecule has 14 heteroatoms. The lowest BCUT2D eigenvalue weighted by Gasteiger charge is -2.14. The average molecular weight is 622 g/mol. The molecule has 0 aliphatic carbocycles. The predicted octanol–water partition coefficient (Wildman–Crippen LogP) is 7.80. The van der Waals surface area contributed by atoms with Crippen LogP contribution in [0.4, 0.5) is 26.3 Å². The van der Waals surface area contributed by atoms with Gasteiger partial charge in [-0.3, -0.25) is 0 Å². The summed E-state index contributed by atoms with van der Waals surface area (Å²) in [6.45, 7) is 2.98. The summed E-state index contributed by atoms with van der Waals surface area (Å²) in [5.41, 5.74) is 1.00. The van der Waals surface area contributed by atoms with Crippen LogP contribution >= 0.6 is 0 Å². The van der Waals surface area contributed by atoms with Gasteiger partial charge in [-0.1, -0.05) is 18.2 Å². The molecular formula is C29H21F6N3O4S. The van der Waals surface area contributed by atoms with Crippen molar-refractivity contribution in [3.8, 4) is 45.1 Å². The summed E-state index contributed by atoms with van der Waals surface area (Å²) in [5, 5.41) is 3.77. The van der Waals surface area contributed by atoms with E-state index in [2.05, 4.69) is 14.8 Å². The first-order valence-electron chi connectivity index (χ1n) is 12.4. The van der Waals surface area contributed by atoms with Crippen molar-refractivity contribution in [3.63, 3.8) is 0 Å². The molecule has 0 aliphatic rings. The second-order valence-corrected chi connectivity index (χ2v) is 11.6. The predicted molar refractivity (Wildman–Crippen MR) is 144 cm³/mol. The molecule has 0 amide bonds. The molecule has 0 atom stereocenters. The van der Waals surface area contributed by atoms with E-state index in [1.165, 1.54) is 44.2 Å². The number of aromatic nitrogens is 3. The molecule has 7 nitrogen and oxygen atoms in total. The Morgan fingerprint density at radius 1 is 0.837 bits per heavy atom. The van der Waals surface area contributed by atoms with Gasteiger partial charge in [0.25, 0.3) is 0 Å². The number of nitrogens with zero attached hydrogens (tertiary/aromatic N) is 3. The van der Waals surface area contributed by atoms with Crippen molar-refractivity contribution >= 4 is 9.84 Å². The number of sulfone groups is 1. The van der Waals surface area contributed by atoms with Crippen molar-refractivity contribution in [1.29, 1.82) is 0 Å². The number of benzene rings is 3. The SMILES string of the molecule is Cc1nc(-c2cc(-c3cccc(S(C)(=O)=O)c3)ccc2-n2nc(C(F)(F)F)cc2C)c(-c2ccc(OC(F)(F)F)cc2)o1. The van der Waals surface area contributed by atoms with E-state index in [1.54, 1.807) is 24.3 Å². The van der Waals surface area contributed by atoms with E-state index in [9.17, 15) is 34.8 Å². The Bertz CT molecular complexity index is 1930. The fourth-order valence-electron chi connectivity index (χ4n) is 4.47. The largest absolute Gasteiger partial charge is 0.573 e. The minimum absolute atomic E-state index is 0.0625. The third-order valence-electron chi connectivity index (χ3n) is 6.34. The first-order chi connectivity index (χ1) is 20.0. The molecule has 0 bridgehead atoms. The average Bonchev–Trinajstić information content (AvgIpc) is 3.50. The number of ether oxygens (including phenoxy) is 1. The van der Waals surface area contributed by atoms with Crippen LogP contribution in [-0.4, -0.2) is 35.8 Å². The maximum atomic E-state index is 13.5. The molecule has 0 saturated carbocycles. The van der Waals surface area contributed by atoms with Gasteiger partial charge >= 0.3 is 12.5 Å². The van der Waals surface area contributed by atoms with Crippen LogP contribution in [0.1, 0.15) is 17.3 Å². The summed E-state index contributed by atoms with van der Waals surface area (Å²) in [6.07, 6.45) is -8.54. The lowest BCUT2D eigenvalue weighted by atomic mass is 9.98. The van der Waals surface area contributed by atoms with Crippen molar-refractivity contribution in [2.45, 2.75) is 31.3 Å². The van der Waals surface area contributed by atoms with Crippen molar-refractivity contribution < 1.29 is 43.9 Å². The highest BCUT2D eigenvalue weighted by atomic mass is 32.2. The Morgan fingerprint density at radius 3 is 2.09 bits per heavy atom. The summed E-state index contributed by atoms with van der Waals surface area (Å²) in [7, 11) is -3.55. The highest BCUT2D eigenvalue weighted by molar-refractivity contribution is 7.90. The molecule has 0 fully saturated rings.